The van der Waals surface area contributed by atoms with Gasteiger partial charge in [0, 0.05) is 13.1 Å². The van der Waals surface area contributed by atoms with E-state index in [1.165, 1.54) is 0 Å². The molecule has 0 saturated heterocycles. The maximum atomic E-state index is 11.9. The summed E-state index contributed by atoms with van der Waals surface area (Å²) in [5, 5.41) is 5.33. The van der Waals surface area contributed by atoms with Gasteiger partial charge in [-0.25, -0.2) is 4.79 Å². The summed E-state index contributed by atoms with van der Waals surface area (Å²) in [4.78, 5) is 22.9. The second kappa shape index (κ2) is 8.02. The van der Waals surface area contributed by atoms with Crippen LogP contribution in [0.3, 0.4) is 0 Å². The SMILES string of the molecule is CC(C)(C)OC(=O)NCCNC(=O)C(Br)c1ccccc1. The summed E-state index contributed by atoms with van der Waals surface area (Å²) in [6.07, 6.45) is -0.491. The highest BCUT2D eigenvalue weighted by atomic mass is 79.9. The van der Waals surface area contributed by atoms with E-state index in [1.54, 1.807) is 20.8 Å². The summed E-state index contributed by atoms with van der Waals surface area (Å²) < 4.78 is 5.09. The Morgan fingerprint density at radius 3 is 2.29 bits per heavy atom. The Morgan fingerprint density at radius 2 is 1.71 bits per heavy atom. The van der Waals surface area contributed by atoms with Gasteiger partial charge in [0.25, 0.3) is 0 Å². The lowest BCUT2D eigenvalue weighted by Crippen LogP contribution is -2.38. The third-order valence-electron chi connectivity index (χ3n) is 2.41. The van der Waals surface area contributed by atoms with Crippen molar-refractivity contribution in [2.24, 2.45) is 0 Å². The molecule has 0 fully saturated rings. The van der Waals surface area contributed by atoms with Crippen LogP contribution in [-0.4, -0.2) is 30.7 Å². The first-order valence-electron chi connectivity index (χ1n) is 6.73. The summed E-state index contributed by atoms with van der Waals surface area (Å²) in [5.74, 6) is -0.146. The number of halogens is 1. The zero-order valence-corrected chi connectivity index (χ0v) is 14.1. The van der Waals surface area contributed by atoms with E-state index in [9.17, 15) is 9.59 Å². The summed E-state index contributed by atoms with van der Waals surface area (Å²) >= 11 is 3.35. The van der Waals surface area contributed by atoms with Crippen molar-refractivity contribution in [2.45, 2.75) is 31.2 Å². The zero-order valence-electron chi connectivity index (χ0n) is 12.5. The molecule has 0 aliphatic rings. The molecule has 0 bridgehead atoms. The van der Waals surface area contributed by atoms with Gasteiger partial charge in [-0.3, -0.25) is 4.79 Å². The Balaban J connectivity index is 2.27. The van der Waals surface area contributed by atoms with Crippen LogP contribution in [0.4, 0.5) is 4.79 Å². The van der Waals surface area contributed by atoms with E-state index in [2.05, 4.69) is 26.6 Å². The van der Waals surface area contributed by atoms with Gasteiger partial charge in [0.05, 0.1) is 0 Å². The van der Waals surface area contributed by atoms with E-state index in [0.717, 1.165) is 5.56 Å². The predicted octanol–water partition coefficient (Wildman–Crippen LogP) is 2.76. The van der Waals surface area contributed by atoms with Crippen molar-refractivity contribution in [3.05, 3.63) is 35.9 Å². The summed E-state index contributed by atoms with van der Waals surface area (Å²) in [6, 6.07) is 9.39. The van der Waals surface area contributed by atoms with E-state index in [0.29, 0.717) is 13.1 Å². The van der Waals surface area contributed by atoms with Crippen molar-refractivity contribution in [1.29, 1.82) is 0 Å². The molecule has 116 valence electrons. The first-order chi connectivity index (χ1) is 9.79. The fourth-order valence-electron chi connectivity index (χ4n) is 1.53. The lowest BCUT2D eigenvalue weighted by atomic mass is 10.1. The fourth-order valence-corrected chi connectivity index (χ4v) is 1.99. The predicted molar refractivity (Wildman–Crippen MR) is 85.4 cm³/mol. The first kappa shape index (κ1) is 17.5. The maximum Gasteiger partial charge on any atom is 0.407 e. The van der Waals surface area contributed by atoms with Crippen molar-refractivity contribution in [3.8, 4) is 0 Å². The van der Waals surface area contributed by atoms with Crippen LogP contribution in [0.2, 0.25) is 0 Å². The minimum absolute atomic E-state index is 0.146. The van der Waals surface area contributed by atoms with Gasteiger partial charge in [-0.15, -0.1) is 0 Å². The Bertz CT molecular complexity index is 472. The van der Waals surface area contributed by atoms with Gasteiger partial charge in [-0.05, 0) is 26.3 Å². The molecule has 6 heteroatoms. The van der Waals surface area contributed by atoms with E-state index in [-0.39, 0.29) is 5.91 Å². The Labute approximate surface area is 133 Å². The molecule has 2 amide bonds. The smallest absolute Gasteiger partial charge is 0.407 e. The van der Waals surface area contributed by atoms with Crippen LogP contribution >= 0.6 is 15.9 Å². The van der Waals surface area contributed by atoms with Crippen molar-refractivity contribution < 1.29 is 14.3 Å². The number of ether oxygens (including phenoxy) is 1. The van der Waals surface area contributed by atoms with Crippen LogP contribution in [-0.2, 0) is 9.53 Å². The largest absolute Gasteiger partial charge is 0.444 e. The first-order valence-corrected chi connectivity index (χ1v) is 7.65. The number of carbonyl (C=O) groups excluding carboxylic acids is 2. The Hall–Kier alpha value is -1.56. The number of nitrogens with one attached hydrogen (secondary N) is 2. The number of carbonyl (C=O) groups is 2. The third kappa shape index (κ3) is 7.13. The van der Waals surface area contributed by atoms with Crippen molar-refractivity contribution in [2.75, 3.05) is 13.1 Å². The monoisotopic (exact) mass is 356 g/mol. The molecule has 1 aromatic carbocycles. The minimum atomic E-state index is -0.526. The highest BCUT2D eigenvalue weighted by Crippen LogP contribution is 2.21. The van der Waals surface area contributed by atoms with Gasteiger partial charge in [0.1, 0.15) is 10.4 Å². The molecule has 5 nitrogen and oxygen atoms in total. The van der Waals surface area contributed by atoms with E-state index in [4.69, 9.17) is 4.74 Å². The number of alkyl carbamates (subject to hydrolysis) is 1. The summed E-state index contributed by atoms with van der Waals surface area (Å²) in [6.45, 7) is 6.04. The van der Waals surface area contributed by atoms with Gasteiger partial charge in [-0.1, -0.05) is 46.3 Å². The van der Waals surface area contributed by atoms with Crippen LogP contribution in [0.5, 0.6) is 0 Å². The lowest BCUT2D eigenvalue weighted by Gasteiger charge is -2.19. The van der Waals surface area contributed by atoms with Crippen molar-refractivity contribution in [1.82, 2.24) is 10.6 Å². The molecule has 0 aromatic heterocycles. The minimum Gasteiger partial charge on any atom is -0.444 e. The number of rotatable bonds is 5. The lowest BCUT2D eigenvalue weighted by molar-refractivity contribution is -0.120. The average Bonchev–Trinajstić information content (AvgIpc) is 2.41. The molecule has 0 heterocycles. The molecule has 2 N–H and O–H groups in total. The van der Waals surface area contributed by atoms with Crippen LogP contribution in [0.1, 0.15) is 31.2 Å². The quantitative estimate of drug-likeness (QED) is 0.629. The van der Waals surface area contributed by atoms with Crippen molar-refractivity contribution >= 4 is 27.9 Å². The van der Waals surface area contributed by atoms with E-state index < -0.39 is 16.5 Å². The van der Waals surface area contributed by atoms with Gasteiger partial charge in [0.15, 0.2) is 0 Å². The van der Waals surface area contributed by atoms with Gasteiger partial charge < -0.3 is 15.4 Å². The molecule has 1 rings (SSSR count). The number of hydrogen-bond acceptors (Lipinski definition) is 3. The maximum absolute atomic E-state index is 11.9. The van der Waals surface area contributed by atoms with Crippen LogP contribution in [0.15, 0.2) is 30.3 Å². The fraction of sp³-hybridized carbons (Fsp3) is 0.467. The molecular weight excluding hydrogens is 336 g/mol. The van der Waals surface area contributed by atoms with Gasteiger partial charge in [-0.2, -0.15) is 0 Å². The molecule has 0 aliphatic carbocycles. The van der Waals surface area contributed by atoms with Crippen molar-refractivity contribution in [3.63, 3.8) is 0 Å². The van der Waals surface area contributed by atoms with Crippen LogP contribution in [0.25, 0.3) is 0 Å². The van der Waals surface area contributed by atoms with E-state index in [1.807, 2.05) is 30.3 Å². The zero-order chi connectivity index (χ0) is 15.9. The number of amides is 2. The summed E-state index contributed by atoms with van der Waals surface area (Å²) in [5.41, 5.74) is 0.358. The molecule has 0 spiro atoms. The second-order valence-corrected chi connectivity index (χ2v) is 6.41. The van der Waals surface area contributed by atoms with Crippen LogP contribution in [0, 0.1) is 0 Å². The second-order valence-electron chi connectivity index (χ2n) is 5.49. The molecule has 1 aromatic rings. The van der Waals surface area contributed by atoms with Gasteiger partial charge in [0.2, 0.25) is 5.91 Å². The highest BCUT2D eigenvalue weighted by molar-refractivity contribution is 9.09. The molecule has 0 aliphatic heterocycles. The molecule has 1 atom stereocenters. The van der Waals surface area contributed by atoms with Crippen LogP contribution < -0.4 is 10.6 Å². The number of hydrogen-bond donors (Lipinski definition) is 2. The number of alkyl halides is 1. The molecule has 0 radical (unpaired) electrons. The normalized spacial score (nSPS) is 12.4. The Kier molecular flexibility index (Phi) is 6.68. The summed E-state index contributed by atoms with van der Waals surface area (Å²) in [7, 11) is 0. The average molecular weight is 357 g/mol. The van der Waals surface area contributed by atoms with Gasteiger partial charge >= 0.3 is 6.09 Å². The third-order valence-corrected chi connectivity index (χ3v) is 3.36. The number of benzene rings is 1. The molecular formula is C15H21BrN2O3. The molecule has 1 unspecified atom stereocenters. The van der Waals surface area contributed by atoms with E-state index >= 15 is 0 Å². The Morgan fingerprint density at radius 1 is 1.14 bits per heavy atom. The highest BCUT2D eigenvalue weighted by Gasteiger charge is 2.17. The molecule has 0 saturated carbocycles. The topological polar surface area (TPSA) is 67.4 Å². The molecule has 21 heavy (non-hydrogen) atoms. The standard InChI is InChI=1S/C15H21BrN2O3/c1-15(2,3)21-14(20)18-10-9-17-13(19)12(16)11-7-5-4-6-8-11/h4-8,12H,9-10H2,1-3H3,(H,17,19)(H,18,20).